The van der Waals surface area contributed by atoms with E-state index < -0.39 is 16.1 Å². The van der Waals surface area contributed by atoms with Gasteiger partial charge in [-0.25, -0.2) is 9.97 Å². The summed E-state index contributed by atoms with van der Waals surface area (Å²) in [6.07, 6.45) is 0.844. The van der Waals surface area contributed by atoms with Crippen LogP contribution in [0.2, 0.25) is 5.15 Å². The minimum absolute atomic E-state index is 0.0313. The number of nitrogens with one attached hydrogen (secondary N) is 4. The Morgan fingerprint density at radius 1 is 1.24 bits per heavy atom. The topological polar surface area (TPSA) is 163 Å². The molecule has 0 radical (unpaired) electrons. The summed E-state index contributed by atoms with van der Waals surface area (Å²) < 4.78 is 25.2. The van der Waals surface area contributed by atoms with Crippen LogP contribution < -0.4 is 26.0 Å². The van der Waals surface area contributed by atoms with Gasteiger partial charge in [0.15, 0.2) is 22.5 Å². The molecule has 0 saturated carbocycles. The standard InChI is InChI=1S/C12H21ClN8O3S/c1-6(2)17-11-9(13)18-8(10(14)19-11)12(22)15-5-16-21-25(23,24)20-7(3)4/h5-7,20-21H,1-4H3,(H3,14,17,19)(H,15,16,22). The van der Waals surface area contributed by atoms with Gasteiger partial charge >= 0.3 is 5.91 Å². The van der Waals surface area contributed by atoms with E-state index in [0.29, 0.717) is 0 Å². The van der Waals surface area contributed by atoms with Gasteiger partial charge in [0.05, 0.1) is 0 Å². The second-order valence-electron chi connectivity index (χ2n) is 5.48. The Bertz CT molecular complexity index is 751. The quantitative estimate of drug-likeness (QED) is 0.235. The zero-order chi connectivity index (χ0) is 19.2. The molecule has 1 rings (SSSR count). The molecular formula is C12H21ClN8O3S. The summed E-state index contributed by atoms with van der Waals surface area (Å²) in [5, 5.41) is 2.90. The third-order valence-corrected chi connectivity index (χ3v) is 3.77. The van der Waals surface area contributed by atoms with Gasteiger partial charge in [0.2, 0.25) is 0 Å². The van der Waals surface area contributed by atoms with E-state index in [1.165, 1.54) is 0 Å². The number of hydrogen-bond donors (Lipinski definition) is 5. The molecule has 1 aromatic rings. The van der Waals surface area contributed by atoms with Crippen molar-refractivity contribution in [3.63, 3.8) is 0 Å². The molecule has 1 aromatic heterocycles. The number of amides is 1. The van der Waals surface area contributed by atoms with E-state index in [4.69, 9.17) is 17.3 Å². The molecule has 0 saturated heterocycles. The SMILES string of the molecule is CC(C)Nc1nc(N)c(C(=O)N=CNNS(=O)(=O)NC(C)C)nc1Cl. The van der Waals surface area contributed by atoms with Crippen LogP contribution in [0.4, 0.5) is 11.6 Å². The molecule has 6 N–H and O–H groups in total. The molecule has 0 bridgehead atoms. The Kier molecular flexibility index (Phi) is 7.48. The molecule has 25 heavy (non-hydrogen) atoms. The molecule has 140 valence electrons. The highest BCUT2D eigenvalue weighted by Crippen LogP contribution is 2.21. The number of hydrogen-bond acceptors (Lipinski definition) is 7. The van der Waals surface area contributed by atoms with E-state index in [-0.39, 0.29) is 34.6 Å². The molecule has 0 aliphatic carbocycles. The summed E-state index contributed by atoms with van der Waals surface area (Å²) in [6.45, 7) is 7.05. The molecule has 0 unspecified atom stereocenters. The predicted octanol–water partition coefficient (Wildman–Crippen LogP) is 0.0380. The highest BCUT2D eigenvalue weighted by Gasteiger charge is 2.16. The van der Waals surface area contributed by atoms with E-state index in [1.807, 2.05) is 18.7 Å². The van der Waals surface area contributed by atoms with Crippen LogP contribution in [0, 0.1) is 0 Å². The van der Waals surface area contributed by atoms with Crippen LogP contribution in [-0.2, 0) is 10.2 Å². The van der Waals surface area contributed by atoms with Crippen molar-refractivity contribution >= 4 is 45.7 Å². The maximum atomic E-state index is 12.0. The summed E-state index contributed by atoms with van der Waals surface area (Å²) >= 11 is 5.95. The predicted molar refractivity (Wildman–Crippen MR) is 96.5 cm³/mol. The monoisotopic (exact) mass is 392 g/mol. The number of nitrogen functional groups attached to an aromatic ring is 1. The van der Waals surface area contributed by atoms with Gasteiger partial charge < -0.3 is 11.1 Å². The maximum Gasteiger partial charge on any atom is 0.300 e. The van der Waals surface area contributed by atoms with E-state index in [9.17, 15) is 13.2 Å². The van der Waals surface area contributed by atoms with E-state index in [2.05, 4.69) is 30.4 Å². The lowest BCUT2D eigenvalue weighted by atomic mass is 10.3. The minimum Gasteiger partial charge on any atom is -0.382 e. The van der Waals surface area contributed by atoms with E-state index >= 15 is 0 Å². The zero-order valence-corrected chi connectivity index (χ0v) is 15.7. The number of aromatic nitrogens is 2. The first kappa shape index (κ1) is 21.0. The second-order valence-corrected chi connectivity index (χ2v) is 7.29. The van der Waals surface area contributed by atoms with Gasteiger partial charge in [-0.05, 0) is 27.7 Å². The van der Waals surface area contributed by atoms with Crippen LogP contribution in [0.15, 0.2) is 4.99 Å². The summed E-state index contributed by atoms with van der Waals surface area (Å²) in [7, 11) is -3.77. The number of nitrogens with two attached hydrogens (primary N) is 1. The van der Waals surface area contributed by atoms with Crippen molar-refractivity contribution in [1.82, 2.24) is 24.9 Å². The van der Waals surface area contributed by atoms with Crippen molar-refractivity contribution in [2.75, 3.05) is 11.1 Å². The molecule has 13 heteroatoms. The highest BCUT2D eigenvalue weighted by molar-refractivity contribution is 7.87. The smallest absolute Gasteiger partial charge is 0.300 e. The Labute approximate surface area is 151 Å². The van der Waals surface area contributed by atoms with Crippen LogP contribution in [0.5, 0.6) is 0 Å². The van der Waals surface area contributed by atoms with Crippen LogP contribution in [0.1, 0.15) is 38.2 Å². The molecule has 0 atom stereocenters. The number of rotatable bonds is 8. The van der Waals surface area contributed by atoms with Crippen molar-refractivity contribution < 1.29 is 13.2 Å². The van der Waals surface area contributed by atoms with Gasteiger partial charge in [0.1, 0.15) is 6.34 Å². The molecule has 11 nitrogen and oxygen atoms in total. The van der Waals surface area contributed by atoms with Crippen LogP contribution in [0.3, 0.4) is 0 Å². The zero-order valence-electron chi connectivity index (χ0n) is 14.2. The Hall–Kier alpha value is -2.02. The van der Waals surface area contributed by atoms with Crippen molar-refractivity contribution in [1.29, 1.82) is 0 Å². The normalized spacial score (nSPS) is 12.1. The number of hydrazine groups is 1. The lowest BCUT2D eigenvalue weighted by Crippen LogP contribution is -2.46. The summed E-state index contributed by atoms with van der Waals surface area (Å²) in [6, 6.07) is -0.254. The van der Waals surface area contributed by atoms with Gasteiger partial charge in [0.25, 0.3) is 10.2 Å². The first-order chi connectivity index (χ1) is 11.5. The lowest BCUT2D eigenvalue weighted by Gasteiger charge is -2.11. The van der Waals surface area contributed by atoms with E-state index in [0.717, 1.165) is 6.34 Å². The first-order valence-corrected chi connectivity index (χ1v) is 9.09. The molecule has 0 aromatic carbocycles. The number of nitrogens with zero attached hydrogens (tertiary/aromatic N) is 3. The summed E-state index contributed by atoms with van der Waals surface area (Å²) in [4.78, 5) is 25.2. The number of aliphatic imine (C=N–C) groups is 1. The molecular weight excluding hydrogens is 372 g/mol. The Morgan fingerprint density at radius 2 is 1.88 bits per heavy atom. The van der Waals surface area contributed by atoms with Crippen molar-refractivity contribution in [3.05, 3.63) is 10.8 Å². The van der Waals surface area contributed by atoms with Gasteiger partial charge in [-0.1, -0.05) is 11.6 Å². The number of carbonyl (C=O) groups is 1. The van der Waals surface area contributed by atoms with Gasteiger partial charge in [-0.3, -0.25) is 10.2 Å². The first-order valence-electron chi connectivity index (χ1n) is 7.23. The molecule has 0 aliphatic rings. The molecule has 1 heterocycles. The third-order valence-electron chi connectivity index (χ3n) is 2.34. The molecule has 1 amide bonds. The molecule has 0 aliphatic heterocycles. The summed E-state index contributed by atoms with van der Waals surface area (Å²) in [5.74, 6) is -0.747. The van der Waals surface area contributed by atoms with Crippen LogP contribution >= 0.6 is 11.6 Å². The minimum atomic E-state index is -3.77. The van der Waals surface area contributed by atoms with Gasteiger partial charge in [-0.15, -0.1) is 4.83 Å². The Morgan fingerprint density at radius 3 is 2.44 bits per heavy atom. The Balaban J connectivity index is 2.76. The number of anilines is 2. The average molecular weight is 393 g/mol. The van der Waals surface area contributed by atoms with Crippen molar-refractivity contribution in [2.24, 2.45) is 4.99 Å². The molecule has 0 spiro atoms. The fraction of sp³-hybridized carbons (Fsp3) is 0.500. The summed E-state index contributed by atoms with van der Waals surface area (Å²) in [5.41, 5.74) is 7.59. The highest BCUT2D eigenvalue weighted by atomic mass is 35.5. The van der Waals surface area contributed by atoms with Crippen LogP contribution in [-0.4, -0.2) is 42.7 Å². The fourth-order valence-corrected chi connectivity index (χ4v) is 2.62. The van der Waals surface area contributed by atoms with Crippen molar-refractivity contribution in [2.45, 2.75) is 39.8 Å². The average Bonchev–Trinajstić information content (AvgIpc) is 2.45. The number of carbonyl (C=O) groups excluding carboxylic acids is 1. The van der Waals surface area contributed by atoms with Crippen LogP contribution in [0.25, 0.3) is 0 Å². The second kappa shape index (κ2) is 8.89. The van der Waals surface area contributed by atoms with E-state index in [1.54, 1.807) is 13.8 Å². The molecule has 0 fully saturated rings. The van der Waals surface area contributed by atoms with Gasteiger partial charge in [-0.2, -0.15) is 18.1 Å². The largest absolute Gasteiger partial charge is 0.382 e. The number of halogens is 1. The van der Waals surface area contributed by atoms with Gasteiger partial charge in [0, 0.05) is 12.1 Å². The lowest BCUT2D eigenvalue weighted by molar-refractivity contribution is 0.0999. The maximum absolute atomic E-state index is 12.0. The van der Waals surface area contributed by atoms with Crippen molar-refractivity contribution in [3.8, 4) is 0 Å². The fourth-order valence-electron chi connectivity index (χ4n) is 1.55. The third kappa shape index (κ3) is 7.17.